The fourth-order valence-corrected chi connectivity index (χ4v) is 4.40. The van der Waals surface area contributed by atoms with Gasteiger partial charge in [-0.15, -0.1) is 0 Å². The number of methoxy groups -OCH3 is 2. The van der Waals surface area contributed by atoms with Crippen LogP contribution in [0.4, 0.5) is 0 Å². The van der Waals surface area contributed by atoms with Crippen molar-refractivity contribution in [3.63, 3.8) is 0 Å². The van der Waals surface area contributed by atoms with Crippen molar-refractivity contribution in [3.05, 3.63) is 23.8 Å². The lowest BCUT2D eigenvalue weighted by Gasteiger charge is -2.49. The van der Waals surface area contributed by atoms with Crippen molar-refractivity contribution in [2.45, 2.75) is 52.6 Å². The van der Waals surface area contributed by atoms with Gasteiger partial charge in [-0.3, -0.25) is 0 Å². The molecule has 2 rings (SSSR count). The molecule has 3 heteroatoms. The molecule has 1 aromatic carbocycles. The first kappa shape index (κ1) is 16.2. The molecule has 0 aliphatic heterocycles. The second-order valence-electron chi connectivity index (χ2n) is 7.96. The third-order valence-corrected chi connectivity index (χ3v) is 4.42. The molecule has 1 aliphatic rings. The number of aliphatic hydroxyl groups is 1. The third-order valence-electron chi connectivity index (χ3n) is 4.42. The summed E-state index contributed by atoms with van der Waals surface area (Å²) in [6.45, 7) is 8.94. The molecule has 0 saturated heterocycles. The molecule has 0 heterocycles. The summed E-state index contributed by atoms with van der Waals surface area (Å²) in [5, 5.41) is 11.3. The Bertz CT molecular complexity index is 501. The van der Waals surface area contributed by atoms with Crippen molar-refractivity contribution in [2.24, 2.45) is 10.8 Å². The predicted molar refractivity (Wildman–Crippen MR) is 84.9 cm³/mol. The zero-order valence-electron chi connectivity index (χ0n) is 14.1. The van der Waals surface area contributed by atoms with Crippen LogP contribution in [0.3, 0.4) is 0 Å². The summed E-state index contributed by atoms with van der Waals surface area (Å²) < 4.78 is 10.7. The normalized spacial score (nSPS) is 22.6. The van der Waals surface area contributed by atoms with E-state index in [0.717, 1.165) is 24.8 Å². The summed E-state index contributed by atoms with van der Waals surface area (Å²) in [5.74, 6) is 1.36. The molecule has 0 atom stereocenters. The van der Waals surface area contributed by atoms with E-state index in [9.17, 15) is 5.11 Å². The first-order chi connectivity index (χ1) is 9.61. The summed E-state index contributed by atoms with van der Waals surface area (Å²) in [6, 6.07) is 5.75. The molecular formula is C18H28O3. The van der Waals surface area contributed by atoms with E-state index in [0.29, 0.717) is 11.5 Å². The van der Waals surface area contributed by atoms with E-state index < -0.39 is 5.60 Å². The van der Waals surface area contributed by atoms with Crippen molar-refractivity contribution in [1.29, 1.82) is 0 Å². The molecule has 0 amide bonds. The van der Waals surface area contributed by atoms with E-state index in [1.54, 1.807) is 14.2 Å². The predicted octanol–water partition coefficient (Wildman–Crippen LogP) is 4.13. The number of ether oxygens (including phenoxy) is 2. The highest BCUT2D eigenvalue weighted by atomic mass is 16.5. The number of hydrogen-bond acceptors (Lipinski definition) is 3. The second-order valence-corrected chi connectivity index (χ2v) is 7.96. The maximum Gasteiger partial charge on any atom is 0.161 e. The summed E-state index contributed by atoms with van der Waals surface area (Å²) in [6.07, 6.45) is 2.65. The van der Waals surface area contributed by atoms with Gasteiger partial charge in [0.1, 0.15) is 0 Å². The fraction of sp³-hybridized carbons (Fsp3) is 0.667. The number of benzene rings is 1. The Morgan fingerprint density at radius 3 is 1.86 bits per heavy atom. The van der Waals surface area contributed by atoms with Gasteiger partial charge in [0.15, 0.2) is 11.5 Å². The van der Waals surface area contributed by atoms with Crippen LogP contribution in [0.15, 0.2) is 18.2 Å². The number of rotatable bonds is 3. The Balaban J connectivity index is 2.43. The van der Waals surface area contributed by atoms with Gasteiger partial charge in [-0.1, -0.05) is 33.8 Å². The molecule has 0 bridgehead atoms. The molecule has 0 radical (unpaired) electrons. The Kier molecular flexibility index (Phi) is 4.00. The van der Waals surface area contributed by atoms with Gasteiger partial charge in [0.2, 0.25) is 0 Å². The largest absolute Gasteiger partial charge is 0.493 e. The minimum absolute atomic E-state index is 0.115. The lowest BCUT2D eigenvalue weighted by molar-refractivity contribution is -0.0913. The van der Waals surface area contributed by atoms with Gasteiger partial charge in [-0.25, -0.2) is 0 Å². The van der Waals surface area contributed by atoms with Crippen molar-refractivity contribution in [1.82, 2.24) is 0 Å². The minimum Gasteiger partial charge on any atom is -0.493 e. The Morgan fingerprint density at radius 1 is 0.857 bits per heavy atom. The first-order valence-corrected chi connectivity index (χ1v) is 7.56. The van der Waals surface area contributed by atoms with Crippen LogP contribution in [-0.4, -0.2) is 19.3 Å². The van der Waals surface area contributed by atoms with Crippen molar-refractivity contribution in [2.75, 3.05) is 14.2 Å². The van der Waals surface area contributed by atoms with Crippen molar-refractivity contribution in [3.8, 4) is 11.5 Å². The first-order valence-electron chi connectivity index (χ1n) is 7.56. The molecule has 0 aromatic heterocycles. The molecular weight excluding hydrogens is 264 g/mol. The quantitative estimate of drug-likeness (QED) is 0.910. The number of hydrogen-bond donors (Lipinski definition) is 1. The fourth-order valence-electron chi connectivity index (χ4n) is 4.40. The summed E-state index contributed by atoms with van der Waals surface area (Å²) in [5.41, 5.74) is 0.332. The SMILES string of the molecule is COc1ccc(C2(O)CC(C)(C)CC(C)(C)C2)cc1OC. The molecule has 3 nitrogen and oxygen atoms in total. The van der Waals surface area contributed by atoms with Crippen LogP contribution in [0.25, 0.3) is 0 Å². The monoisotopic (exact) mass is 292 g/mol. The van der Waals surface area contributed by atoms with E-state index >= 15 is 0 Å². The molecule has 1 aromatic rings. The van der Waals surface area contributed by atoms with E-state index in [2.05, 4.69) is 27.7 Å². The van der Waals surface area contributed by atoms with Gasteiger partial charge in [-0.2, -0.15) is 0 Å². The maximum atomic E-state index is 11.3. The van der Waals surface area contributed by atoms with Crippen molar-refractivity contribution >= 4 is 0 Å². The Morgan fingerprint density at radius 2 is 1.38 bits per heavy atom. The van der Waals surface area contributed by atoms with Crippen LogP contribution in [0, 0.1) is 10.8 Å². The lowest BCUT2D eigenvalue weighted by Crippen LogP contribution is -2.44. The van der Waals surface area contributed by atoms with Crippen LogP contribution in [0.5, 0.6) is 11.5 Å². The lowest BCUT2D eigenvalue weighted by atomic mass is 9.58. The van der Waals surface area contributed by atoms with Crippen LogP contribution in [0.1, 0.15) is 52.5 Å². The Labute approximate surface area is 128 Å². The highest BCUT2D eigenvalue weighted by molar-refractivity contribution is 5.45. The molecule has 1 saturated carbocycles. The molecule has 1 aliphatic carbocycles. The van der Waals surface area contributed by atoms with E-state index in [1.807, 2.05) is 18.2 Å². The second kappa shape index (κ2) is 5.20. The van der Waals surface area contributed by atoms with Crippen LogP contribution >= 0.6 is 0 Å². The summed E-state index contributed by atoms with van der Waals surface area (Å²) >= 11 is 0. The van der Waals surface area contributed by atoms with Gasteiger partial charge in [-0.05, 0) is 47.8 Å². The van der Waals surface area contributed by atoms with E-state index in [1.165, 1.54) is 0 Å². The average molecular weight is 292 g/mol. The standard InChI is InChI=1S/C18H28O3/c1-16(2)10-17(3,4)12-18(19,11-16)13-7-8-14(20-5)15(9-13)21-6/h7-9,19H,10-12H2,1-6H3. The maximum absolute atomic E-state index is 11.3. The van der Waals surface area contributed by atoms with Gasteiger partial charge in [0, 0.05) is 0 Å². The van der Waals surface area contributed by atoms with E-state index in [-0.39, 0.29) is 10.8 Å². The summed E-state index contributed by atoms with van der Waals surface area (Å²) in [4.78, 5) is 0. The van der Waals surface area contributed by atoms with Crippen LogP contribution in [-0.2, 0) is 5.60 Å². The zero-order chi connectivity index (χ0) is 15.9. The summed E-state index contributed by atoms with van der Waals surface area (Å²) in [7, 11) is 3.25. The minimum atomic E-state index is -0.815. The molecule has 21 heavy (non-hydrogen) atoms. The molecule has 1 fully saturated rings. The highest BCUT2D eigenvalue weighted by Crippen LogP contribution is 2.54. The zero-order valence-corrected chi connectivity index (χ0v) is 14.1. The van der Waals surface area contributed by atoms with E-state index in [4.69, 9.17) is 9.47 Å². The molecule has 1 N–H and O–H groups in total. The van der Waals surface area contributed by atoms with Crippen molar-refractivity contribution < 1.29 is 14.6 Å². The average Bonchev–Trinajstić information content (AvgIpc) is 2.33. The van der Waals surface area contributed by atoms with Gasteiger partial charge < -0.3 is 14.6 Å². The Hall–Kier alpha value is -1.22. The van der Waals surface area contributed by atoms with Gasteiger partial charge >= 0.3 is 0 Å². The molecule has 0 spiro atoms. The van der Waals surface area contributed by atoms with Gasteiger partial charge in [0.05, 0.1) is 19.8 Å². The van der Waals surface area contributed by atoms with Crippen LogP contribution < -0.4 is 9.47 Å². The topological polar surface area (TPSA) is 38.7 Å². The molecule has 118 valence electrons. The third kappa shape index (κ3) is 3.34. The van der Waals surface area contributed by atoms with Gasteiger partial charge in [0.25, 0.3) is 0 Å². The molecule has 0 unspecified atom stereocenters. The van der Waals surface area contributed by atoms with Crippen LogP contribution in [0.2, 0.25) is 0 Å². The smallest absolute Gasteiger partial charge is 0.161 e. The highest BCUT2D eigenvalue weighted by Gasteiger charge is 2.47.